The van der Waals surface area contributed by atoms with Gasteiger partial charge < -0.3 is 15.0 Å². The molecular formula is C21H24N2O2. The predicted octanol–water partition coefficient (Wildman–Crippen LogP) is 4.32. The number of ether oxygens (including phenoxy) is 1. The molecule has 0 aliphatic heterocycles. The van der Waals surface area contributed by atoms with Gasteiger partial charge in [0, 0.05) is 29.2 Å². The van der Waals surface area contributed by atoms with Crippen LogP contribution in [-0.4, -0.2) is 24.0 Å². The molecular weight excluding hydrogens is 312 g/mol. The zero-order chi connectivity index (χ0) is 17.5. The lowest BCUT2D eigenvalue weighted by molar-refractivity contribution is 0.0954. The molecule has 0 atom stereocenters. The predicted molar refractivity (Wildman–Crippen MR) is 101 cm³/mol. The first-order valence-electron chi connectivity index (χ1n) is 8.84. The molecule has 0 aliphatic carbocycles. The maximum Gasteiger partial charge on any atom is 0.251 e. The number of nitrogens with one attached hydrogen (secondary N) is 2. The molecule has 0 saturated heterocycles. The lowest BCUT2D eigenvalue weighted by Gasteiger charge is -2.07. The van der Waals surface area contributed by atoms with Gasteiger partial charge in [0.05, 0.1) is 6.61 Å². The highest BCUT2D eigenvalue weighted by Crippen LogP contribution is 2.18. The molecule has 4 nitrogen and oxygen atoms in total. The number of aromatic nitrogens is 1. The summed E-state index contributed by atoms with van der Waals surface area (Å²) >= 11 is 0. The second-order valence-corrected chi connectivity index (χ2v) is 6.09. The Morgan fingerprint density at radius 1 is 1.12 bits per heavy atom. The smallest absolute Gasteiger partial charge is 0.251 e. The summed E-state index contributed by atoms with van der Waals surface area (Å²) in [5, 5.41) is 4.19. The number of carbonyl (C=O) groups is 1. The van der Waals surface area contributed by atoms with E-state index in [4.69, 9.17) is 4.74 Å². The highest BCUT2D eigenvalue weighted by Gasteiger charge is 2.07. The normalized spacial score (nSPS) is 10.8. The number of unbranched alkanes of at least 4 members (excludes halogenated alkanes) is 1. The molecule has 4 heteroatoms. The number of amides is 1. The Morgan fingerprint density at radius 3 is 2.72 bits per heavy atom. The standard InChI is InChI=1S/C21H24N2O2/c1-2-3-14-25-18-10-8-16(9-11-18)21(24)22-13-12-17-15-23-20-7-5-4-6-19(17)20/h4-11,15,23H,2-3,12-14H2,1H3,(H,22,24). The van der Waals surface area contributed by atoms with E-state index in [1.54, 1.807) is 0 Å². The third-order valence-electron chi connectivity index (χ3n) is 4.24. The largest absolute Gasteiger partial charge is 0.494 e. The number of aromatic amines is 1. The van der Waals surface area contributed by atoms with Gasteiger partial charge in [-0.15, -0.1) is 0 Å². The first-order valence-corrected chi connectivity index (χ1v) is 8.84. The van der Waals surface area contributed by atoms with E-state index in [0.717, 1.165) is 30.5 Å². The van der Waals surface area contributed by atoms with Crippen molar-refractivity contribution in [2.75, 3.05) is 13.2 Å². The Morgan fingerprint density at radius 2 is 1.92 bits per heavy atom. The van der Waals surface area contributed by atoms with Crippen LogP contribution in [0, 0.1) is 0 Å². The zero-order valence-electron chi connectivity index (χ0n) is 14.5. The van der Waals surface area contributed by atoms with Crippen LogP contribution < -0.4 is 10.1 Å². The Hall–Kier alpha value is -2.75. The number of rotatable bonds is 8. The molecule has 1 aromatic heterocycles. The van der Waals surface area contributed by atoms with Crippen LogP contribution in [0.25, 0.3) is 10.9 Å². The van der Waals surface area contributed by atoms with Crippen molar-refractivity contribution in [3.63, 3.8) is 0 Å². The monoisotopic (exact) mass is 336 g/mol. The Bertz CT molecular complexity index is 821. The molecule has 0 bridgehead atoms. The van der Waals surface area contributed by atoms with Crippen molar-refractivity contribution >= 4 is 16.8 Å². The van der Waals surface area contributed by atoms with Gasteiger partial charge in [0.25, 0.3) is 5.91 Å². The van der Waals surface area contributed by atoms with Crippen molar-refractivity contribution in [3.8, 4) is 5.75 Å². The molecule has 0 saturated carbocycles. The van der Waals surface area contributed by atoms with Crippen LogP contribution in [0.3, 0.4) is 0 Å². The quantitative estimate of drug-likeness (QED) is 0.602. The van der Waals surface area contributed by atoms with E-state index in [0.29, 0.717) is 18.7 Å². The number of fused-ring (bicyclic) bond motifs is 1. The molecule has 0 aliphatic rings. The van der Waals surface area contributed by atoms with Gasteiger partial charge in [0.2, 0.25) is 0 Å². The number of hydrogen-bond donors (Lipinski definition) is 2. The fraction of sp³-hybridized carbons (Fsp3) is 0.286. The topological polar surface area (TPSA) is 54.1 Å². The fourth-order valence-electron chi connectivity index (χ4n) is 2.79. The molecule has 1 amide bonds. The van der Waals surface area contributed by atoms with E-state index in [-0.39, 0.29) is 5.91 Å². The molecule has 2 N–H and O–H groups in total. The van der Waals surface area contributed by atoms with Gasteiger partial charge in [-0.05, 0) is 48.7 Å². The maximum absolute atomic E-state index is 12.2. The average molecular weight is 336 g/mol. The van der Waals surface area contributed by atoms with Crippen molar-refractivity contribution in [2.45, 2.75) is 26.2 Å². The second kappa shape index (κ2) is 8.38. The number of H-pyrrole nitrogens is 1. The SMILES string of the molecule is CCCCOc1ccc(C(=O)NCCc2c[nH]c3ccccc23)cc1. The van der Waals surface area contributed by atoms with Crippen molar-refractivity contribution in [1.29, 1.82) is 0 Å². The van der Waals surface area contributed by atoms with Crippen molar-refractivity contribution in [2.24, 2.45) is 0 Å². The third-order valence-corrected chi connectivity index (χ3v) is 4.24. The van der Waals surface area contributed by atoms with Gasteiger partial charge in [0.1, 0.15) is 5.75 Å². The number of hydrogen-bond acceptors (Lipinski definition) is 2. The van der Waals surface area contributed by atoms with Crippen LogP contribution in [0.1, 0.15) is 35.7 Å². The van der Waals surface area contributed by atoms with Gasteiger partial charge in [-0.25, -0.2) is 0 Å². The molecule has 130 valence electrons. The molecule has 0 radical (unpaired) electrons. The molecule has 0 spiro atoms. The van der Waals surface area contributed by atoms with Gasteiger partial charge in [0.15, 0.2) is 0 Å². The summed E-state index contributed by atoms with van der Waals surface area (Å²) in [6.45, 7) is 3.45. The Labute approximate surface area is 148 Å². The lowest BCUT2D eigenvalue weighted by Crippen LogP contribution is -2.25. The molecule has 3 rings (SSSR count). The minimum Gasteiger partial charge on any atom is -0.494 e. The summed E-state index contributed by atoms with van der Waals surface area (Å²) in [5.74, 6) is 0.753. The summed E-state index contributed by atoms with van der Waals surface area (Å²) < 4.78 is 5.62. The second-order valence-electron chi connectivity index (χ2n) is 6.09. The lowest BCUT2D eigenvalue weighted by atomic mass is 10.1. The first kappa shape index (κ1) is 17.1. The van der Waals surface area contributed by atoms with Crippen LogP contribution in [-0.2, 0) is 6.42 Å². The van der Waals surface area contributed by atoms with E-state index < -0.39 is 0 Å². The number of para-hydroxylation sites is 1. The number of benzene rings is 2. The molecule has 0 unspecified atom stereocenters. The van der Waals surface area contributed by atoms with E-state index >= 15 is 0 Å². The molecule has 2 aromatic carbocycles. The fourth-order valence-corrected chi connectivity index (χ4v) is 2.79. The van der Waals surface area contributed by atoms with Crippen molar-refractivity contribution in [3.05, 3.63) is 65.9 Å². The van der Waals surface area contributed by atoms with E-state index in [9.17, 15) is 4.79 Å². The van der Waals surface area contributed by atoms with Crippen LogP contribution in [0.2, 0.25) is 0 Å². The van der Waals surface area contributed by atoms with Gasteiger partial charge in [-0.2, -0.15) is 0 Å². The van der Waals surface area contributed by atoms with E-state index in [1.165, 1.54) is 10.9 Å². The van der Waals surface area contributed by atoms with E-state index in [2.05, 4.69) is 29.4 Å². The molecule has 1 heterocycles. The summed E-state index contributed by atoms with van der Waals surface area (Å²) in [6.07, 6.45) is 4.96. The van der Waals surface area contributed by atoms with Gasteiger partial charge in [-0.1, -0.05) is 31.5 Å². The van der Waals surface area contributed by atoms with E-state index in [1.807, 2.05) is 42.6 Å². The van der Waals surface area contributed by atoms with Crippen LogP contribution in [0.4, 0.5) is 0 Å². The Balaban J connectivity index is 1.50. The molecule has 3 aromatic rings. The van der Waals surface area contributed by atoms with Gasteiger partial charge in [-0.3, -0.25) is 4.79 Å². The van der Waals surface area contributed by atoms with Crippen LogP contribution in [0.15, 0.2) is 54.7 Å². The first-order chi connectivity index (χ1) is 12.3. The summed E-state index contributed by atoms with van der Waals surface area (Å²) in [6, 6.07) is 15.5. The minimum absolute atomic E-state index is 0.0556. The van der Waals surface area contributed by atoms with Gasteiger partial charge >= 0.3 is 0 Å². The summed E-state index contributed by atoms with van der Waals surface area (Å²) in [7, 11) is 0. The summed E-state index contributed by atoms with van der Waals surface area (Å²) in [4.78, 5) is 15.5. The van der Waals surface area contributed by atoms with Crippen molar-refractivity contribution < 1.29 is 9.53 Å². The Kier molecular flexibility index (Phi) is 5.73. The molecule has 25 heavy (non-hydrogen) atoms. The minimum atomic E-state index is -0.0556. The maximum atomic E-state index is 12.2. The summed E-state index contributed by atoms with van der Waals surface area (Å²) in [5.41, 5.74) is 3.00. The highest BCUT2D eigenvalue weighted by molar-refractivity contribution is 5.94. The average Bonchev–Trinajstić information content (AvgIpc) is 3.06. The van der Waals surface area contributed by atoms with Crippen molar-refractivity contribution in [1.82, 2.24) is 10.3 Å². The number of carbonyl (C=O) groups excluding carboxylic acids is 1. The third kappa shape index (κ3) is 4.41. The zero-order valence-corrected chi connectivity index (χ0v) is 14.5. The van der Waals surface area contributed by atoms with Crippen LogP contribution in [0.5, 0.6) is 5.75 Å². The highest BCUT2D eigenvalue weighted by atomic mass is 16.5. The van der Waals surface area contributed by atoms with Crippen LogP contribution >= 0.6 is 0 Å². The molecule has 0 fully saturated rings.